The Balaban J connectivity index is 1.72. The summed E-state index contributed by atoms with van der Waals surface area (Å²) < 4.78 is 0. The predicted molar refractivity (Wildman–Crippen MR) is 72.1 cm³/mol. The Labute approximate surface area is 103 Å². The fourth-order valence-corrected chi connectivity index (χ4v) is 3.37. The number of thiophene rings is 1. The maximum absolute atomic E-state index is 3.76. The van der Waals surface area contributed by atoms with E-state index in [1.165, 1.54) is 49.9 Å². The SMILES string of the molecule is CCC(Cc1cccs1)NCC1CCCC1. The molecule has 1 atom stereocenters. The molecular weight excluding hydrogens is 214 g/mol. The highest BCUT2D eigenvalue weighted by Crippen LogP contribution is 2.24. The monoisotopic (exact) mass is 237 g/mol. The second-order valence-electron chi connectivity index (χ2n) is 4.95. The zero-order valence-corrected chi connectivity index (χ0v) is 11.1. The minimum Gasteiger partial charge on any atom is -0.313 e. The molecule has 1 aromatic rings. The van der Waals surface area contributed by atoms with E-state index in [0.717, 1.165) is 5.92 Å². The Morgan fingerprint density at radius 3 is 2.88 bits per heavy atom. The maximum Gasteiger partial charge on any atom is 0.0113 e. The summed E-state index contributed by atoms with van der Waals surface area (Å²) in [6.45, 7) is 3.53. The lowest BCUT2D eigenvalue weighted by molar-refractivity contribution is 0.422. The molecule has 0 saturated heterocycles. The Morgan fingerprint density at radius 2 is 2.25 bits per heavy atom. The van der Waals surface area contributed by atoms with Gasteiger partial charge in [0.25, 0.3) is 0 Å². The van der Waals surface area contributed by atoms with Gasteiger partial charge in [0.1, 0.15) is 0 Å². The highest BCUT2D eigenvalue weighted by atomic mass is 32.1. The van der Waals surface area contributed by atoms with Gasteiger partial charge in [0.05, 0.1) is 0 Å². The van der Waals surface area contributed by atoms with Gasteiger partial charge < -0.3 is 5.32 Å². The average molecular weight is 237 g/mol. The van der Waals surface area contributed by atoms with E-state index in [2.05, 4.69) is 29.8 Å². The molecule has 0 amide bonds. The molecule has 1 heterocycles. The molecule has 1 aromatic heterocycles. The van der Waals surface area contributed by atoms with E-state index in [9.17, 15) is 0 Å². The summed E-state index contributed by atoms with van der Waals surface area (Å²) in [6.07, 6.45) is 8.25. The molecule has 0 spiro atoms. The molecule has 0 aliphatic heterocycles. The Bertz CT molecular complexity index is 275. The third kappa shape index (κ3) is 3.60. The van der Waals surface area contributed by atoms with E-state index in [1.54, 1.807) is 0 Å². The summed E-state index contributed by atoms with van der Waals surface area (Å²) in [5, 5.41) is 5.94. The van der Waals surface area contributed by atoms with Crippen molar-refractivity contribution in [2.45, 2.75) is 51.5 Å². The highest BCUT2D eigenvalue weighted by molar-refractivity contribution is 7.09. The van der Waals surface area contributed by atoms with E-state index >= 15 is 0 Å². The van der Waals surface area contributed by atoms with Gasteiger partial charge in [0.2, 0.25) is 0 Å². The van der Waals surface area contributed by atoms with Crippen LogP contribution in [0.2, 0.25) is 0 Å². The lowest BCUT2D eigenvalue weighted by Crippen LogP contribution is -2.33. The molecule has 0 radical (unpaired) electrons. The third-order valence-corrected chi connectivity index (χ3v) is 4.59. The summed E-state index contributed by atoms with van der Waals surface area (Å²) in [6, 6.07) is 5.09. The Kier molecular flexibility index (Phi) is 4.86. The average Bonchev–Trinajstić information content (AvgIpc) is 2.97. The van der Waals surface area contributed by atoms with Crippen molar-refractivity contribution in [1.82, 2.24) is 5.32 Å². The molecule has 1 fully saturated rings. The van der Waals surface area contributed by atoms with Crippen molar-refractivity contribution in [3.05, 3.63) is 22.4 Å². The molecule has 2 rings (SSSR count). The molecule has 1 aliphatic rings. The zero-order valence-electron chi connectivity index (χ0n) is 10.2. The van der Waals surface area contributed by atoms with E-state index in [1.807, 2.05) is 11.3 Å². The Hall–Kier alpha value is -0.340. The fraction of sp³-hybridized carbons (Fsp3) is 0.714. The molecular formula is C14H23NS. The molecule has 1 aliphatic carbocycles. The van der Waals surface area contributed by atoms with Crippen molar-refractivity contribution in [2.24, 2.45) is 5.92 Å². The first-order valence-corrected chi connectivity index (χ1v) is 7.52. The molecule has 16 heavy (non-hydrogen) atoms. The van der Waals surface area contributed by atoms with Crippen LogP contribution in [-0.2, 0) is 6.42 Å². The Morgan fingerprint density at radius 1 is 1.44 bits per heavy atom. The molecule has 1 N–H and O–H groups in total. The van der Waals surface area contributed by atoms with Gasteiger partial charge in [-0.05, 0) is 49.6 Å². The molecule has 1 unspecified atom stereocenters. The molecule has 2 heteroatoms. The van der Waals surface area contributed by atoms with Crippen LogP contribution in [0.5, 0.6) is 0 Å². The summed E-state index contributed by atoms with van der Waals surface area (Å²) in [5.74, 6) is 0.956. The van der Waals surface area contributed by atoms with Crippen molar-refractivity contribution < 1.29 is 0 Å². The van der Waals surface area contributed by atoms with Gasteiger partial charge in [-0.25, -0.2) is 0 Å². The van der Waals surface area contributed by atoms with Crippen molar-refractivity contribution >= 4 is 11.3 Å². The maximum atomic E-state index is 3.76. The van der Waals surface area contributed by atoms with Crippen molar-refractivity contribution in [3.8, 4) is 0 Å². The quantitative estimate of drug-likeness (QED) is 0.792. The van der Waals surface area contributed by atoms with Gasteiger partial charge in [-0.2, -0.15) is 0 Å². The zero-order chi connectivity index (χ0) is 11.2. The molecule has 0 aromatic carbocycles. The lowest BCUT2D eigenvalue weighted by atomic mass is 10.1. The standard InChI is InChI=1S/C14H23NS/c1-2-13(10-14-8-5-9-16-14)15-11-12-6-3-4-7-12/h5,8-9,12-13,15H,2-4,6-7,10-11H2,1H3. The van der Waals surface area contributed by atoms with Crippen LogP contribution in [-0.4, -0.2) is 12.6 Å². The summed E-state index contributed by atoms with van der Waals surface area (Å²) in [5.41, 5.74) is 0. The van der Waals surface area contributed by atoms with Crippen LogP contribution in [0, 0.1) is 5.92 Å². The normalized spacial score (nSPS) is 19.1. The summed E-state index contributed by atoms with van der Waals surface area (Å²) >= 11 is 1.88. The van der Waals surface area contributed by atoms with E-state index < -0.39 is 0 Å². The molecule has 1 nitrogen and oxygen atoms in total. The summed E-state index contributed by atoms with van der Waals surface area (Å²) in [4.78, 5) is 1.52. The van der Waals surface area contributed by atoms with Crippen LogP contribution in [0.25, 0.3) is 0 Å². The lowest BCUT2D eigenvalue weighted by Gasteiger charge is -2.19. The van der Waals surface area contributed by atoms with Crippen LogP contribution in [0.15, 0.2) is 17.5 Å². The first-order valence-electron chi connectivity index (χ1n) is 6.64. The molecule has 1 saturated carbocycles. The second kappa shape index (κ2) is 6.41. The van der Waals surface area contributed by atoms with Crippen molar-refractivity contribution in [3.63, 3.8) is 0 Å². The van der Waals surface area contributed by atoms with Crippen LogP contribution in [0.1, 0.15) is 43.9 Å². The summed E-state index contributed by atoms with van der Waals surface area (Å²) in [7, 11) is 0. The van der Waals surface area contributed by atoms with Crippen LogP contribution in [0.4, 0.5) is 0 Å². The number of hydrogen-bond acceptors (Lipinski definition) is 2. The van der Waals surface area contributed by atoms with Gasteiger partial charge >= 0.3 is 0 Å². The van der Waals surface area contributed by atoms with Crippen molar-refractivity contribution in [2.75, 3.05) is 6.54 Å². The van der Waals surface area contributed by atoms with E-state index in [-0.39, 0.29) is 0 Å². The molecule has 90 valence electrons. The number of rotatable bonds is 6. The topological polar surface area (TPSA) is 12.0 Å². The van der Waals surface area contributed by atoms with Gasteiger partial charge in [-0.1, -0.05) is 25.8 Å². The van der Waals surface area contributed by atoms with Gasteiger partial charge in [0, 0.05) is 10.9 Å². The van der Waals surface area contributed by atoms with Gasteiger partial charge in [0.15, 0.2) is 0 Å². The first-order chi connectivity index (χ1) is 7.88. The van der Waals surface area contributed by atoms with Gasteiger partial charge in [-0.3, -0.25) is 0 Å². The van der Waals surface area contributed by atoms with Crippen LogP contribution >= 0.6 is 11.3 Å². The highest BCUT2D eigenvalue weighted by Gasteiger charge is 2.16. The first kappa shape index (κ1) is 12.1. The number of nitrogens with one attached hydrogen (secondary N) is 1. The molecule has 0 bridgehead atoms. The largest absolute Gasteiger partial charge is 0.313 e. The number of hydrogen-bond donors (Lipinski definition) is 1. The fourth-order valence-electron chi connectivity index (χ4n) is 2.58. The van der Waals surface area contributed by atoms with Crippen molar-refractivity contribution in [1.29, 1.82) is 0 Å². The van der Waals surface area contributed by atoms with Crippen LogP contribution < -0.4 is 5.32 Å². The van der Waals surface area contributed by atoms with E-state index in [4.69, 9.17) is 0 Å². The van der Waals surface area contributed by atoms with E-state index in [0.29, 0.717) is 6.04 Å². The minimum absolute atomic E-state index is 0.680. The van der Waals surface area contributed by atoms with Gasteiger partial charge in [-0.15, -0.1) is 11.3 Å². The minimum atomic E-state index is 0.680. The smallest absolute Gasteiger partial charge is 0.0113 e. The second-order valence-corrected chi connectivity index (χ2v) is 5.98. The third-order valence-electron chi connectivity index (χ3n) is 3.69. The predicted octanol–water partition coefficient (Wildman–Crippen LogP) is 3.85. The van der Waals surface area contributed by atoms with Crippen LogP contribution in [0.3, 0.4) is 0 Å².